The Morgan fingerprint density at radius 2 is 2.06 bits per heavy atom. The molecule has 2 heterocycles. The number of nitrogens with two attached hydrogens (primary N) is 1. The molecule has 2 rings (SSSR count). The summed E-state index contributed by atoms with van der Waals surface area (Å²) in [6.07, 6.45) is 4.15. The first-order valence-corrected chi connectivity index (χ1v) is 6.50. The van der Waals surface area contributed by atoms with E-state index in [4.69, 9.17) is 15.2 Å². The Balaban J connectivity index is 1.85. The molecule has 3 unspecified atom stereocenters. The Morgan fingerprint density at radius 1 is 1.25 bits per heavy atom. The summed E-state index contributed by atoms with van der Waals surface area (Å²) in [5.74, 6) is 0. The van der Waals surface area contributed by atoms with Gasteiger partial charge in [0.2, 0.25) is 0 Å². The normalized spacial score (nSPS) is 37.5. The zero-order valence-electron chi connectivity index (χ0n) is 10.2. The van der Waals surface area contributed by atoms with Crippen LogP contribution in [0, 0.1) is 0 Å². The van der Waals surface area contributed by atoms with Crippen LogP contribution < -0.4 is 5.73 Å². The molecule has 16 heavy (non-hydrogen) atoms. The Hall–Kier alpha value is -0.160. The lowest BCUT2D eigenvalue weighted by Crippen LogP contribution is -2.52. The maximum atomic E-state index is 5.72. The average molecular weight is 228 g/mol. The molecule has 4 heteroatoms. The van der Waals surface area contributed by atoms with E-state index in [0.29, 0.717) is 18.7 Å². The molecule has 0 amide bonds. The van der Waals surface area contributed by atoms with Gasteiger partial charge in [0, 0.05) is 32.3 Å². The maximum Gasteiger partial charge on any atom is 0.0824 e. The van der Waals surface area contributed by atoms with Gasteiger partial charge in [0.15, 0.2) is 0 Å². The quantitative estimate of drug-likeness (QED) is 0.768. The predicted octanol–water partition coefficient (Wildman–Crippen LogP) is 0.604. The number of nitrogens with zero attached hydrogens (tertiary/aromatic N) is 1. The summed E-state index contributed by atoms with van der Waals surface area (Å²) in [5.41, 5.74) is 5.67. The molecule has 0 aliphatic carbocycles. The van der Waals surface area contributed by atoms with E-state index in [1.165, 1.54) is 6.42 Å². The number of rotatable bonds is 3. The van der Waals surface area contributed by atoms with E-state index in [2.05, 4.69) is 11.8 Å². The summed E-state index contributed by atoms with van der Waals surface area (Å²) >= 11 is 0. The second kappa shape index (κ2) is 5.96. The average Bonchev–Trinajstić information content (AvgIpc) is 2.39. The number of hydrogen-bond donors (Lipinski definition) is 1. The molecule has 2 aliphatic rings. The molecule has 94 valence electrons. The van der Waals surface area contributed by atoms with Crippen LogP contribution in [0.2, 0.25) is 0 Å². The second-order valence-electron chi connectivity index (χ2n) is 4.80. The molecular weight excluding hydrogens is 204 g/mol. The van der Waals surface area contributed by atoms with Gasteiger partial charge in [0.05, 0.1) is 18.8 Å². The van der Waals surface area contributed by atoms with E-state index in [1.54, 1.807) is 0 Å². The van der Waals surface area contributed by atoms with Crippen molar-refractivity contribution in [1.82, 2.24) is 4.90 Å². The molecule has 0 aromatic heterocycles. The van der Waals surface area contributed by atoms with Gasteiger partial charge in [-0.25, -0.2) is 0 Å². The van der Waals surface area contributed by atoms with E-state index in [-0.39, 0.29) is 6.10 Å². The Labute approximate surface area is 98.1 Å². The standard InChI is InChI=1S/C12H24N2O2/c1-2-11-7-10(3-5-15-11)14-4-6-16-12(8-13)9-14/h10-12H,2-9,13H2,1H3. The lowest BCUT2D eigenvalue weighted by atomic mass is 9.99. The third kappa shape index (κ3) is 2.94. The van der Waals surface area contributed by atoms with Gasteiger partial charge in [-0.1, -0.05) is 6.92 Å². The van der Waals surface area contributed by atoms with Crippen molar-refractivity contribution in [3.05, 3.63) is 0 Å². The van der Waals surface area contributed by atoms with Crippen LogP contribution in [-0.4, -0.2) is 56.0 Å². The monoisotopic (exact) mass is 228 g/mol. The summed E-state index contributed by atoms with van der Waals surface area (Å²) in [4.78, 5) is 2.55. The van der Waals surface area contributed by atoms with Gasteiger partial charge in [-0.3, -0.25) is 4.90 Å². The summed E-state index contributed by atoms with van der Waals surface area (Å²) in [6.45, 7) is 6.63. The predicted molar refractivity (Wildman–Crippen MR) is 63.4 cm³/mol. The lowest BCUT2D eigenvalue weighted by molar-refractivity contribution is -0.0763. The summed E-state index contributed by atoms with van der Waals surface area (Å²) in [5, 5.41) is 0. The van der Waals surface area contributed by atoms with Gasteiger partial charge in [-0.15, -0.1) is 0 Å². The van der Waals surface area contributed by atoms with Crippen LogP contribution in [0.5, 0.6) is 0 Å². The summed E-state index contributed by atoms with van der Waals surface area (Å²) in [6, 6.07) is 0.677. The van der Waals surface area contributed by atoms with Gasteiger partial charge in [0.25, 0.3) is 0 Å². The molecule has 2 fully saturated rings. The molecule has 2 aliphatic heterocycles. The van der Waals surface area contributed by atoms with Crippen molar-refractivity contribution in [2.45, 2.75) is 44.4 Å². The number of morpholine rings is 1. The topological polar surface area (TPSA) is 47.7 Å². The minimum absolute atomic E-state index is 0.233. The molecule has 0 aromatic rings. The highest BCUT2D eigenvalue weighted by molar-refractivity contribution is 4.83. The van der Waals surface area contributed by atoms with Gasteiger partial charge in [0.1, 0.15) is 0 Å². The van der Waals surface area contributed by atoms with Gasteiger partial charge in [-0.05, 0) is 19.3 Å². The molecule has 2 N–H and O–H groups in total. The Morgan fingerprint density at radius 3 is 2.81 bits per heavy atom. The number of hydrogen-bond acceptors (Lipinski definition) is 4. The largest absolute Gasteiger partial charge is 0.378 e. The van der Waals surface area contributed by atoms with Crippen LogP contribution >= 0.6 is 0 Å². The first-order valence-electron chi connectivity index (χ1n) is 6.50. The highest BCUT2D eigenvalue weighted by atomic mass is 16.5. The molecule has 2 saturated heterocycles. The highest BCUT2D eigenvalue weighted by Crippen LogP contribution is 2.22. The smallest absolute Gasteiger partial charge is 0.0824 e. The van der Waals surface area contributed by atoms with Gasteiger partial charge >= 0.3 is 0 Å². The highest BCUT2D eigenvalue weighted by Gasteiger charge is 2.29. The SMILES string of the molecule is CCC1CC(N2CCOC(CN)C2)CCO1. The third-order valence-corrected chi connectivity index (χ3v) is 3.74. The molecule has 4 nitrogen and oxygen atoms in total. The van der Waals surface area contributed by atoms with Crippen LogP contribution in [-0.2, 0) is 9.47 Å². The van der Waals surface area contributed by atoms with Crippen molar-refractivity contribution >= 4 is 0 Å². The summed E-state index contributed by atoms with van der Waals surface area (Å²) in [7, 11) is 0. The molecule has 0 spiro atoms. The third-order valence-electron chi connectivity index (χ3n) is 3.74. The molecule has 0 saturated carbocycles. The van der Waals surface area contributed by atoms with Gasteiger partial charge in [-0.2, -0.15) is 0 Å². The van der Waals surface area contributed by atoms with Crippen molar-refractivity contribution in [1.29, 1.82) is 0 Å². The van der Waals surface area contributed by atoms with E-state index >= 15 is 0 Å². The van der Waals surface area contributed by atoms with Crippen molar-refractivity contribution in [2.75, 3.05) is 32.8 Å². The Bertz CT molecular complexity index is 191. The van der Waals surface area contributed by atoms with Crippen molar-refractivity contribution in [3.8, 4) is 0 Å². The van der Waals surface area contributed by atoms with E-state index in [1.807, 2.05) is 0 Å². The number of ether oxygens (including phenoxy) is 2. The fourth-order valence-corrected chi connectivity index (χ4v) is 2.69. The van der Waals surface area contributed by atoms with Crippen LogP contribution in [0.1, 0.15) is 26.2 Å². The zero-order valence-corrected chi connectivity index (χ0v) is 10.2. The van der Waals surface area contributed by atoms with Crippen LogP contribution in [0.4, 0.5) is 0 Å². The molecule has 3 atom stereocenters. The fourth-order valence-electron chi connectivity index (χ4n) is 2.69. The van der Waals surface area contributed by atoms with E-state index in [0.717, 1.165) is 39.1 Å². The second-order valence-corrected chi connectivity index (χ2v) is 4.80. The lowest BCUT2D eigenvalue weighted by Gasteiger charge is -2.41. The molecular formula is C12H24N2O2. The van der Waals surface area contributed by atoms with Crippen molar-refractivity contribution in [3.63, 3.8) is 0 Å². The van der Waals surface area contributed by atoms with Gasteiger partial charge < -0.3 is 15.2 Å². The molecule has 0 radical (unpaired) electrons. The van der Waals surface area contributed by atoms with Crippen molar-refractivity contribution < 1.29 is 9.47 Å². The van der Waals surface area contributed by atoms with Crippen LogP contribution in [0.25, 0.3) is 0 Å². The molecule has 0 bridgehead atoms. The van der Waals surface area contributed by atoms with E-state index in [9.17, 15) is 0 Å². The van der Waals surface area contributed by atoms with E-state index < -0.39 is 0 Å². The molecule has 0 aromatic carbocycles. The van der Waals surface area contributed by atoms with Crippen LogP contribution in [0.15, 0.2) is 0 Å². The minimum atomic E-state index is 0.233. The first-order chi connectivity index (χ1) is 7.83. The summed E-state index contributed by atoms with van der Waals surface area (Å²) < 4.78 is 11.3. The minimum Gasteiger partial charge on any atom is -0.378 e. The fraction of sp³-hybridized carbons (Fsp3) is 1.00. The maximum absolute atomic E-state index is 5.72. The van der Waals surface area contributed by atoms with Crippen LogP contribution in [0.3, 0.4) is 0 Å². The zero-order chi connectivity index (χ0) is 11.4. The first kappa shape index (κ1) is 12.3. The van der Waals surface area contributed by atoms with Crippen molar-refractivity contribution in [2.24, 2.45) is 5.73 Å². The Kier molecular flexibility index (Phi) is 4.58.